The minimum atomic E-state index is -0.466. The van der Waals surface area contributed by atoms with Gasteiger partial charge in [-0.05, 0) is 26.8 Å². The first-order chi connectivity index (χ1) is 9.30. The van der Waals surface area contributed by atoms with Gasteiger partial charge in [-0.15, -0.1) is 0 Å². The zero-order valence-corrected chi connectivity index (χ0v) is 12.7. The van der Waals surface area contributed by atoms with Crippen molar-refractivity contribution >= 4 is 28.9 Å². The molecule has 0 atom stereocenters. The van der Waals surface area contributed by atoms with Gasteiger partial charge in [0.05, 0.1) is 4.92 Å². The number of carbonyl (C=O) groups excluding carboxylic acids is 1. The average Bonchev–Trinajstić information content (AvgIpc) is 2.36. The molecule has 6 heteroatoms. The number of rotatable bonds is 3. The molecule has 1 saturated heterocycles. The summed E-state index contributed by atoms with van der Waals surface area (Å²) >= 11 is 1.91. The number of Topliss-reactive ketones (excluding diaryl/α,β-unsaturated/α-hetero) is 1. The third-order valence-corrected chi connectivity index (χ3v) is 4.63. The second kappa shape index (κ2) is 5.44. The van der Waals surface area contributed by atoms with Gasteiger partial charge in [0.2, 0.25) is 0 Å². The van der Waals surface area contributed by atoms with Crippen molar-refractivity contribution in [3.05, 3.63) is 33.9 Å². The van der Waals surface area contributed by atoms with Gasteiger partial charge in [0.25, 0.3) is 5.69 Å². The van der Waals surface area contributed by atoms with E-state index in [1.165, 1.54) is 19.1 Å². The van der Waals surface area contributed by atoms with Gasteiger partial charge in [-0.2, -0.15) is 11.8 Å². The minimum Gasteiger partial charge on any atom is -0.369 e. The van der Waals surface area contributed by atoms with Gasteiger partial charge in [0.1, 0.15) is 0 Å². The van der Waals surface area contributed by atoms with E-state index in [4.69, 9.17) is 0 Å². The maximum Gasteiger partial charge on any atom is 0.270 e. The number of nitrogens with zero attached hydrogens (tertiary/aromatic N) is 2. The predicted octanol–water partition coefficient (Wildman–Crippen LogP) is 3.13. The molecule has 1 aromatic carbocycles. The highest BCUT2D eigenvalue weighted by molar-refractivity contribution is 8.00. The zero-order chi connectivity index (χ0) is 14.9. The normalized spacial score (nSPS) is 17.9. The Labute approximate surface area is 122 Å². The number of hydrogen-bond acceptors (Lipinski definition) is 5. The van der Waals surface area contributed by atoms with Gasteiger partial charge in [-0.1, -0.05) is 0 Å². The van der Waals surface area contributed by atoms with Crippen LogP contribution >= 0.6 is 11.8 Å². The highest BCUT2D eigenvalue weighted by atomic mass is 32.2. The van der Waals surface area contributed by atoms with E-state index in [-0.39, 0.29) is 16.2 Å². The predicted molar refractivity (Wildman–Crippen MR) is 81.9 cm³/mol. The van der Waals surface area contributed by atoms with E-state index in [0.717, 1.165) is 24.5 Å². The molecule has 0 spiro atoms. The number of anilines is 1. The molecule has 0 radical (unpaired) electrons. The fourth-order valence-electron chi connectivity index (χ4n) is 2.42. The SMILES string of the molecule is CC(=O)c1cc([N+](=O)[O-])ccc1N1CCSC(C)(C)C1. The van der Waals surface area contributed by atoms with Crippen LogP contribution in [-0.2, 0) is 0 Å². The van der Waals surface area contributed by atoms with Crippen molar-refractivity contribution in [2.24, 2.45) is 0 Å². The number of benzene rings is 1. The molecule has 108 valence electrons. The van der Waals surface area contributed by atoms with Crippen LogP contribution in [-0.4, -0.2) is 34.3 Å². The average molecular weight is 294 g/mol. The van der Waals surface area contributed by atoms with E-state index in [1.807, 2.05) is 11.8 Å². The largest absolute Gasteiger partial charge is 0.369 e. The lowest BCUT2D eigenvalue weighted by molar-refractivity contribution is -0.384. The van der Waals surface area contributed by atoms with Crippen LogP contribution in [0.5, 0.6) is 0 Å². The van der Waals surface area contributed by atoms with Crippen LogP contribution in [0.4, 0.5) is 11.4 Å². The molecule has 0 saturated carbocycles. The van der Waals surface area contributed by atoms with Crippen molar-refractivity contribution in [3.63, 3.8) is 0 Å². The maximum absolute atomic E-state index is 11.8. The molecule has 1 aliphatic rings. The van der Waals surface area contributed by atoms with Crippen molar-refractivity contribution in [1.29, 1.82) is 0 Å². The van der Waals surface area contributed by atoms with Crippen LogP contribution < -0.4 is 4.90 Å². The molecule has 1 aromatic rings. The van der Waals surface area contributed by atoms with Crippen LogP contribution in [0.3, 0.4) is 0 Å². The first-order valence-corrected chi connectivity index (χ1v) is 7.47. The topological polar surface area (TPSA) is 63.4 Å². The van der Waals surface area contributed by atoms with Crippen molar-refractivity contribution in [3.8, 4) is 0 Å². The second-order valence-corrected chi connectivity index (χ2v) is 7.35. The standard InChI is InChI=1S/C14H18N2O3S/c1-10(17)12-8-11(16(18)19)4-5-13(12)15-6-7-20-14(2,3)9-15/h4-5,8H,6-7,9H2,1-3H3. The number of nitro groups is 1. The zero-order valence-electron chi connectivity index (χ0n) is 11.9. The minimum absolute atomic E-state index is 0.0374. The lowest BCUT2D eigenvalue weighted by Gasteiger charge is -2.39. The third-order valence-electron chi connectivity index (χ3n) is 3.34. The summed E-state index contributed by atoms with van der Waals surface area (Å²) in [6.07, 6.45) is 0. The van der Waals surface area contributed by atoms with Crippen molar-refractivity contribution in [1.82, 2.24) is 0 Å². The van der Waals surface area contributed by atoms with Gasteiger partial charge in [0, 0.05) is 47.0 Å². The number of nitro benzene ring substituents is 1. The fourth-order valence-corrected chi connectivity index (χ4v) is 3.53. The molecule has 0 unspecified atom stereocenters. The lowest BCUT2D eigenvalue weighted by atomic mass is 10.1. The summed E-state index contributed by atoms with van der Waals surface area (Å²) in [5, 5.41) is 10.8. The van der Waals surface area contributed by atoms with E-state index in [1.54, 1.807) is 6.07 Å². The van der Waals surface area contributed by atoms with Crippen molar-refractivity contribution < 1.29 is 9.72 Å². The van der Waals surface area contributed by atoms with Crippen LogP contribution in [0.25, 0.3) is 0 Å². The van der Waals surface area contributed by atoms with Crippen molar-refractivity contribution in [2.75, 3.05) is 23.7 Å². The summed E-state index contributed by atoms with van der Waals surface area (Å²) < 4.78 is 0.119. The number of ketones is 1. The van der Waals surface area contributed by atoms with Crippen LogP contribution in [0.2, 0.25) is 0 Å². The molecule has 1 heterocycles. The van der Waals surface area contributed by atoms with Gasteiger partial charge in [-0.3, -0.25) is 14.9 Å². The van der Waals surface area contributed by atoms with E-state index < -0.39 is 4.92 Å². The molecule has 2 rings (SSSR count). The molecule has 0 bridgehead atoms. The first-order valence-electron chi connectivity index (χ1n) is 6.48. The van der Waals surface area contributed by atoms with Crippen LogP contribution in [0.1, 0.15) is 31.1 Å². The summed E-state index contributed by atoms with van der Waals surface area (Å²) in [6, 6.07) is 4.55. The summed E-state index contributed by atoms with van der Waals surface area (Å²) in [6.45, 7) is 7.47. The van der Waals surface area contributed by atoms with Gasteiger partial charge in [0.15, 0.2) is 5.78 Å². The van der Waals surface area contributed by atoms with Crippen LogP contribution in [0.15, 0.2) is 18.2 Å². The summed E-state index contributed by atoms with van der Waals surface area (Å²) in [5.74, 6) is 0.848. The number of thioether (sulfide) groups is 1. The Morgan fingerprint density at radius 3 is 2.70 bits per heavy atom. The molecule has 1 aliphatic heterocycles. The fraction of sp³-hybridized carbons (Fsp3) is 0.500. The third kappa shape index (κ3) is 3.12. The highest BCUT2D eigenvalue weighted by Gasteiger charge is 2.29. The molecule has 5 nitrogen and oxygen atoms in total. The lowest BCUT2D eigenvalue weighted by Crippen LogP contribution is -2.43. The Balaban J connectivity index is 2.40. The van der Waals surface area contributed by atoms with Gasteiger partial charge >= 0.3 is 0 Å². The van der Waals surface area contributed by atoms with E-state index in [0.29, 0.717) is 5.56 Å². The highest BCUT2D eigenvalue weighted by Crippen LogP contribution is 2.34. The van der Waals surface area contributed by atoms with E-state index in [2.05, 4.69) is 18.7 Å². The molecule has 20 heavy (non-hydrogen) atoms. The summed E-state index contributed by atoms with van der Waals surface area (Å²) in [7, 11) is 0. The molecule has 0 aromatic heterocycles. The first kappa shape index (κ1) is 14.8. The van der Waals surface area contributed by atoms with E-state index >= 15 is 0 Å². The van der Waals surface area contributed by atoms with Gasteiger partial charge in [-0.25, -0.2) is 0 Å². The maximum atomic E-state index is 11.8. The number of hydrogen-bond donors (Lipinski definition) is 0. The molecule has 0 amide bonds. The quantitative estimate of drug-likeness (QED) is 0.487. The Morgan fingerprint density at radius 2 is 2.15 bits per heavy atom. The second-order valence-electron chi connectivity index (χ2n) is 5.54. The van der Waals surface area contributed by atoms with Gasteiger partial charge < -0.3 is 4.90 Å². The molecular formula is C14H18N2O3S. The van der Waals surface area contributed by atoms with E-state index in [9.17, 15) is 14.9 Å². The smallest absolute Gasteiger partial charge is 0.270 e. The van der Waals surface area contributed by atoms with Crippen LogP contribution in [0, 0.1) is 10.1 Å². The summed E-state index contributed by atoms with van der Waals surface area (Å²) in [5.41, 5.74) is 1.20. The Hall–Kier alpha value is -1.56. The Morgan fingerprint density at radius 1 is 1.45 bits per heavy atom. The molecule has 1 fully saturated rings. The summed E-state index contributed by atoms with van der Waals surface area (Å²) in [4.78, 5) is 24.3. The molecule has 0 N–H and O–H groups in total. The number of carbonyl (C=O) groups is 1. The number of non-ortho nitro benzene ring substituents is 1. The molecular weight excluding hydrogens is 276 g/mol. The Kier molecular flexibility index (Phi) is 4.04. The van der Waals surface area contributed by atoms with Crippen molar-refractivity contribution in [2.45, 2.75) is 25.5 Å². The molecule has 0 aliphatic carbocycles. The monoisotopic (exact) mass is 294 g/mol. The Bertz CT molecular complexity index is 557.